The molecule has 2 bridgehead atoms. The van der Waals surface area contributed by atoms with E-state index in [2.05, 4.69) is 17.1 Å². The molecule has 2 atom stereocenters. The molecule has 0 aromatic carbocycles. The second kappa shape index (κ2) is 7.24. The summed E-state index contributed by atoms with van der Waals surface area (Å²) in [5.41, 5.74) is 0. The average Bonchev–Trinajstić information content (AvgIpc) is 3.24. The summed E-state index contributed by atoms with van der Waals surface area (Å²) in [5, 5.41) is 3.74. The molecule has 0 aromatic heterocycles. The molecule has 3 rings (SSSR count). The van der Waals surface area contributed by atoms with Crippen LogP contribution < -0.4 is 5.32 Å². The number of rotatable bonds is 9. The first-order valence-electron chi connectivity index (χ1n) is 8.93. The third-order valence-electron chi connectivity index (χ3n) is 5.32. The minimum atomic E-state index is 0.787. The lowest BCUT2D eigenvalue weighted by atomic mass is 9.97. The van der Waals surface area contributed by atoms with Gasteiger partial charge in [0.25, 0.3) is 0 Å². The van der Waals surface area contributed by atoms with Crippen LogP contribution in [0, 0.1) is 5.92 Å². The molecule has 2 saturated heterocycles. The number of nitrogens with one attached hydrogen (secondary N) is 1. The summed E-state index contributed by atoms with van der Waals surface area (Å²) in [5.74, 6) is 0.909. The standard InChI is InChI=1S/C17H32N2O/c1-2-8-18-15-11-16-6-7-17(12-15)19(16)9-3-10-20-13-14-4-5-14/h14-18H,2-13H2,1H3. The van der Waals surface area contributed by atoms with Crippen LogP contribution >= 0.6 is 0 Å². The van der Waals surface area contributed by atoms with Crippen molar-refractivity contribution in [1.82, 2.24) is 10.2 Å². The lowest BCUT2D eigenvalue weighted by Crippen LogP contribution is -2.49. The molecular weight excluding hydrogens is 248 g/mol. The van der Waals surface area contributed by atoms with Crippen molar-refractivity contribution < 1.29 is 4.74 Å². The van der Waals surface area contributed by atoms with Gasteiger partial charge in [-0.25, -0.2) is 0 Å². The highest BCUT2D eigenvalue weighted by Crippen LogP contribution is 2.35. The van der Waals surface area contributed by atoms with Gasteiger partial charge in [0.2, 0.25) is 0 Å². The third kappa shape index (κ3) is 3.96. The van der Waals surface area contributed by atoms with Crippen molar-refractivity contribution >= 4 is 0 Å². The number of hydrogen-bond donors (Lipinski definition) is 1. The summed E-state index contributed by atoms with van der Waals surface area (Å²) in [6.45, 7) is 6.72. The summed E-state index contributed by atoms with van der Waals surface area (Å²) >= 11 is 0. The summed E-state index contributed by atoms with van der Waals surface area (Å²) in [6.07, 6.45) is 10.9. The molecule has 3 aliphatic rings. The zero-order valence-electron chi connectivity index (χ0n) is 13.2. The van der Waals surface area contributed by atoms with Crippen LogP contribution in [0.15, 0.2) is 0 Å². The van der Waals surface area contributed by atoms with E-state index in [0.29, 0.717) is 0 Å². The molecular formula is C17H32N2O. The van der Waals surface area contributed by atoms with E-state index in [4.69, 9.17) is 4.74 Å². The molecule has 3 fully saturated rings. The van der Waals surface area contributed by atoms with Crippen molar-refractivity contribution in [2.45, 2.75) is 76.4 Å². The van der Waals surface area contributed by atoms with Crippen molar-refractivity contribution in [3.63, 3.8) is 0 Å². The van der Waals surface area contributed by atoms with Crippen LogP contribution in [-0.2, 0) is 4.74 Å². The topological polar surface area (TPSA) is 24.5 Å². The Bertz CT molecular complexity index is 279. The predicted octanol–water partition coefficient (Wildman–Crippen LogP) is 2.80. The molecule has 1 saturated carbocycles. The van der Waals surface area contributed by atoms with E-state index in [1.165, 1.54) is 64.5 Å². The van der Waals surface area contributed by atoms with Crippen molar-refractivity contribution in [2.24, 2.45) is 5.92 Å². The minimum absolute atomic E-state index is 0.787. The summed E-state index contributed by atoms with van der Waals surface area (Å²) in [4.78, 5) is 2.80. The van der Waals surface area contributed by atoms with Gasteiger partial charge in [-0.1, -0.05) is 6.92 Å². The number of hydrogen-bond acceptors (Lipinski definition) is 3. The SMILES string of the molecule is CCCNC1CC2CCC(C1)N2CCCOCC1CC1. The third-order valence-corrected chi connectivity index (χ3v) is 5.32. The van der Waals surface area contributed by atoms with Crippen LogP contribution in [0.1, 0.15) is 58.3 Å². The van der Waals surface area contributed by atoms with E-state index in [1.54, 1.807) is 0 Å². The quantitative estimate of drug-likeness (QED) is 0.657. The molecule has 1 N–H and O–H groups in total. The average molecular weight is 280 g/mol. The van der Waals surface area contributed by atoms with Crippen LogP contribution in [0.5, 0.6) is 0 Å². The maximum Gasteiger partial charge on any atom is 0.0494 e. The molecule has 116 valence electrons. The van der Waals surface area contributed by atoms with Crippen molar-refractivity contribution in [3.05, 3.63) is 0 Å². The van der Waals surface area contributed by atoms with Crippen molar-refractivity contribution in [1.29, 1.82) is 0 Å². The van der Waals surface area contributed by atoms with Gasteiger partial charge >= 0.3 is 0 Å². The Hall–Kier alpha value is -0.120. The number of nitrogens with zero attached hydrogens (tertiary/aromatic N) is 1. The molecule has 0 amide bonds. The second-order valence-electron chi connectivity index (χ2n) is 7.12. The first kappa shape index (κ1) is 14.8. The Morgan fingerprint density at radius 1 is 1.10 bits per heavy atom. The lowest BCUT2D eigenvalue weighted by molar-refractivity contribution is 0.0820. The Balaban J connectivity index is 1.33. The first-order chi connectivity index (χ1) is 9.86. The van der Waals surface area contributed by atoms with Gasteiger partial charge in [0.05, 0.1) is 0 Å². The van der Waals surface area contributed by atoms with Gasteiger partial charge in [-0.05, 0) is 63.8 Å². The van der Waals surface area contributed by atoms with Crippen LogP contribution in [0.3, 0.4) is 0 Å². The molecule has 2 heterocycles. The lowest BCUT2D eigenvalue weighted by Gasteiger charge is -2.39. The largest absolute Gasteiger partial charge is 0.381 e. The van der Waals surface area contributed by atoms with E-state index in [9.17, 15) is 0 Å². The molecule has 2 unspecified atom stereocenters. The zero-order chi connectivity index (χ0) is 13.8. The molecule has 0 spiro atoms. The van der Waals surface area contributed by atoms with E-state index in [0.717, 1.165) is 37.3 Å². The molecule has 1 aliphatic carbocycles. The molecule has 0 aromatic rings. The zero-order valence-corrected chi connectivity index (χ0v) is 13.2. The number of ether oxygens (including phenoxy) is 1. The van der Waals surface area contributed by atoms with Crippen LogP contribution in [-0.4, -0.2) is 49.3 Å². The fourth-order valence-electron chi connectivity index (χ4n) is 4.04. The summed E-state index contributed by atoms with van der Waals surface area (Å²) in [6, 6.07) is 2.49. The van der Waals surface area contributed by atoms with E-state index >= 15 is 0 Å². The van der Waals surface area contributed by atoms with Gasteiger partial charge < -0.3 is 10.1 Å². The van der Waals surface area contributed by atoms with E-state index in [1.807, 2.05) is 0 Å². The number of fused-ring (bicyclic) bond motifs is 2. The molecule has 3 nitrogen and oxygen atoms in total. The summed E-state index contributed by atoms with van der Waals surface area (Å²) < 4.78 is 5.77. The summed E-state index contributed by atoms with van der Waals surface area (Å²) in [7, 11) is 0. The van der Waals surface area contributed by atoms with Gasteiger partial charge in [0, 0.05) is 37.9 Å². The maximum atomic E-state index is 5.77. The fraction of sp³-hybridized carbons (Fsp3) is 1.00. The van der Waals surface area contributed by atoms with Crippen LogP contribution in [0.4, 0.5) is 0 Å². The first-order valence-corrected chi connectivity index (χ1v) is 8.93. The van der Waals surface area contributed by atoms with Crippen molar-refractivity contribution in [3.8, 4) is 0 Å². The Morgan fingerprint density at radius 2 is 1.85 bits per heavy atom. The normalized spacial score (nSPS) is 33.8. The van der Waals surface area contributed by atoms with Gasteiger partial charge in [-0.3, -0.25) is 4.90 Å². The van der Waals surface area contributed by atoms with Crippen LogP contribution in [0.25, 0.3) is 0 Å². The maximum absolute atomic E-state index is 5.77. The molecule has 2 aliphatic heterocycles. The molecule has 20 heavy (non-hydrogen) atoms. The predicted molar refractivity (Wildman–Crippen MR) is 83.0 cm³/mol. The Kier molecular flexibility index (Phi) is 5.36. The van der Waals surface area contributed by atoms with E-state index < -0.39 is 0 Å². The Labute approximate surface area is 124 Å². The molecule has 3 heteroatoms. The van der Waals surface area contributed by atoms with Gasteiger partial charge in [0.1, 0.15) is 0 Å². The van der Waals surface area contributed by atoms with Crippen molar-refractivity contribution in [2.75, 3.05) is 26.3 Å². The fourth-order valence-corrected chi connectivity index (χ4v) is 4.04. The second-order valence-corrected chi connectivity index (χ2v) is 7.12. The minimum Gasteiger partial charge on any atom is -0.381 e. The van der Waals surface area contributed by atoms with Crippen LogP contribution in [0.2, 0.25) is 0 Å². The highest BCUT2D eigenvalue weighted by atomic mass is 16.5. The van der Waals surface area contributed by atoms with Gasteiger partial charge in [-0.15, -0.1) is 0 Å². The molecule has 0 radical (unpaired) electrons. The smallest absolute Gasteiger partial charge is 0.0494 e. The highest BCUT2D eigenvalue weighted by Gasteiger charge is 2.39. The van der Waals surface area contributed by atoms with E-state index in [-0.39, 0.29) is 0 Å². The highest BCUT2D eigenvalue weighted by molar-refractivity contribution is 4.97. The van der Waals surface area contributed by atoms with Gasteiger partial charge in [0.15, 0.2) is 0 Å². The number of piperidine rings is 1. The Morgan fingerprint density at radius 3 is 2.50 bits per heavy atom. The van der Waals surface area contributed by atoms with Gasteiger partial charge in [-0.2, -0.15) is 0 Å². The monoisotopic (exact) mass is 280 g/mol.